The van der Waals surface area contributed by atoms with Crippen LogP contribution in [0.5, 0.6) is 0 Å². The summed E-state index contributed by atoms with van der Waals surface area (Å²) >= 11 is 1.79. The second-order valence-electron chi connectivity index (χ2n) is 7.15. The second-order valence-corrected chi connectivity index (χ2v) is 8.04. The first-order valence-electron chi connectivity index (χ1n) is 7.54. The van der Waals surface area contributed by atoms with Crippen molar-refractivity contribution >= 4 is 11.3 Å². The highest BCUT2D eigenvalue weighted by Crippen LogP contribution is 2.44. The second kappa shape index (κ2) is 5.92. The van der Waals surface area contributed by atoms with Gasteiger partial charge in [-0.15, -0.1) is 11.3 Å². The predicted octanol–water partition coefficient (Wildman–Crippen LogP) is 4.35. The molecule has 1 heterocycles. The summed E-state index contributed by atoms with van der Waals surface area (Å²) in [6.45, 7) is 9.95. The van der Waals surface area contributed by atoms with Crippen LogP contribution in [-0.4, -0.2) is 11.5 Å². The highest BCUT2D eigenvalue weighted by molar-refractivity contribution is 7.09. The summed E-state index contributed by atoms with van der Waals surface area (Å²) in [6, 6.07) is 0. The number of aryl methyl sites for hydroxylation is 1. The lowest BCUT2D eigenvalue weighted by Crippen LogP contribution is -2.30. The molecule has 2 nitrogen and oxygen atoms in total. The van der Waals surface area contributed by atoms with E-state index in [0.29, 0.717) is 11.3 Å². The molecule has 19 heavy (non-hydrogen) atoms. The van der Waals surface area contributed by atoms with Gasteiger partial charge in [0.05, 0.1) is 5.01 Å². The minimum Gasteiger partial charge on any atom is -0.330 e. The van der Waals surface area contributed by atoms with Crippen molar-refractivity contribution in [1.29, 1.82) is 0 Å². The minimum atomic E-state index is 0.459. The van der Waals surface area contributed by atoms with Crippen LogP contribution < -0.4 is 5.73 Å². The van der Waals surface area contributed by atoms with Crippen LogP contribution in [0.3, 0.4) is 0 Å². The van der Waals surface area contributed by atoms with Crippen molar-refractivity contribution in [2.45, 2.75) is 59.3 Å². The first-order valence-corrected chi connectivity index (χ1v) is 8.42. The van der Waals surface area contributed by atoms with Gasteiger partial charge >= 0.3 is 0 Å². The number of nitrogens with two attached hydrogens (primary N) is 1. The van der Waals surface area contributed by atoms with E-state index in [9.17, 15) is 0 Å². The van der Waals surface area contributed by atoms with E-state index in [1.807, 2.05) is 0 Å². The summed E-state index contributed by atoms with van der Waals surface area (Å²) in [6.07, 6.45) is 5.36. The summed E-state index contributed by atoms with van der Waals surface area (Å²) in [5, 5.41) is 3.41. The Morgan fingerprint density at radius 3 is 2.37 bits per heavy atom. The van der Waals surface area contributed by atoms with Crippen LogP contribution in [0.1, 0.15) is 63.1 Å². The molecular formula is C16H28N2S. The predicted molar refractivity (Wildman–Crippen MR) is 83.5 cm³/mol. The summed E-state index contributed by atoms with van der Waals surface area (Å²) < 4.78 is 0. The third-order valence-corrected chi connectivity index (χ3v) is 5.87. The number of rotatable bonds is 3. The van der Waals surface area contributed by atoms with E-state index in [2.05, 4.69) is 38.1 Å². The molecule has 0 aliphatic heterocycles. The molecule has 0 aromatic carbocycles. The average Bonchev–Trinajstić information content (AvgIpc) is 2.76. The third kappa shape index (κ3) is 3.57. The highest BCUT2D eigenvalue weighted by atomic mass is 32.1. The highest BCUT2D eigenvalue weighted by Gasteiger charge is 2.33. The van der Waals surface area contributed by atoms with Crippen molar-refractivity contribution in [3.05, 3.63) is 16.1 Å². The molecule has 0 spiro atoms. The fourth-order valence-corrected chi connectivity index (χ4v) is 4.43. The van der Waals surface area contributed by atoms with E-state index in [-0.39, 0.29) is 0 Å². The van der Waals surface area contributed by atoms with Gasteiger partial charge in [0, 0.05) is 23.5 Å². The lowest BCUT2D eigenvalue weighted by Gasteiger charge is -2.39. The number of aromatic nitrogens is 1. The van der Waals surface area contributed by atoms with Crippen LogP contribution in [0.25, 0.3) is 0 Å². The molecule has 3 heteroatoms. The van der Waals surface area contributed by atoms with Gasteiger partial charge in [-0.1, -0.05) is 20.8 Å². The van der Waals surface area contributed by atoms with Crippen LogP contribution in [-0.2, 0) is 0 Å². The van der Waals surface area contributed by atoms with E-state index in [1.165, 1.54) is 30.7 Å². The van der Waals surface area contributed by atoms with E-state index in [0.717, 1.165) is 24.1 Å². The van der Waals surface area contributed by atoms with E-state index in [4.69, 9.17) is 5.73 Å². The molecule has 0 bridgehead atoms. The van der Waals surface area contributed by atoms with Gasteiger partial charge < -0.3 is 5.73 Å². The van der Waals surface area contributed by atoms with Gasteiger partial charge in [0.25, 0.3) is 0 Å². The largest absolute Gasteiger partial charge is 0.330 e. The molecule has 1 aromatic rings. The standard InChI is InChI=1S/C16H28N2S/c1-11-10-19-15(18-11)14(9-17)12-5-7-13(8-6-12)16(2,3)4/h10,12-14H,5-9,17H2,1-4H3. The summed E-state index contributed by atoms with van der Waals surface area (Å²) in [5.74, 6) is 2.11. The van der Waals surface area contributed by atoms with Crippen LogP contribution in [0.15, 0.2) is 5.38 Å². The zero-order chi connectivity index (χ0) is 14.0. The number of thiazole rings is 1. The molecule has 0 amide bonds. The Hall–Kier alpha value is -0.410. The molecule has 1 unspecified atom stereocenters. The fraction of sp³-hybridized carbons (Fsp3) is 0.812. The smallest absolute Gasteiger partial charge is 0.0974 e. The zero-order valence-electron chi connectivity index (χ0n) is 12.8. The van der Waals surface area contributed by atoms with Gasteiger partial charge in [-0.3, -0.25) is 0 Å². The first-order chi connectivity index (χ1) is 8.91. The SMILES string of the molecule is Cc1csc(C(CN)C2CCC(C(C)(C)C)CC2)n1. The fourth-order valence-electron chi connectivity index (χ4n) is 3.42. The Kier molecular flexibility index (Phi) is 4.67. The van der Waals surface area contributed by atoms with Crippen molar-refractivity contribution in [3.63, 3.8) is 0 Å². The maximum Gasteiger partial charge on any atom is 0.0974 e. The number of hydrogen-bond acceptors (Lipinski definition) is 3. The van der Waals surface area contributed by atoms with Crippen molar-refractivity contribution in [1.82, 2.24) is 4.98 Å². The summed E-state index contributed by atoms with van der Waals surface area (Å²) in [7, 11) is 0. The van der Waals surface area contributed by atoms with Gasteiger partial charge in [0.2, 0.25) is 0 Å². The van der Waals surface area contributed by atoms with Crippen molar-refractivity contribution < 1.29 is 0 Å². The van der Waals surface area contributed by atoms with Gasteiger partial charge in [-0.2, -0.15) is 0 Å². The Labute approximate surface area is 121 Å². The van der Waals surface area contributed by atoms with E-state index >= 15 is 0 Å². The summed E-state index contributed by atoms with van der Waals surface area (Å²) in [5.41, 5.74) is 7.63. The topological polar surface area (TPSA) is 38.9 Å². The monoisotopic (exact) mass is 280 g/mol. The molecule has 108 valence electrons. The molecule has 2 N–H and O–H groups in total. The maximum absolute atomic E-state index is 6.03. The Morgan fingerprint density at radius 2 is 1.95 bits per heavy atom. The quantitative estimate of drug-likeness (QED) is 0.894. The molecule has 1 saturated carbocycles. The van der Waals surface area contributed by atoms with Crippen molar-refractivity contribution in [3.8, 4) is 0 Å². The van der Waals surface area contributed by atoms with Crippen LogP contribution in [0, 0.1) is 24.2 Å². The molecule has 0 saturated heterocycles. The van der Waals surface area contributed by atoms with Crippen molar-refractivity contribution in [2.75, 3.05) is 6.54 Å². The van der Waals surface area contributed by atoms with Gasteiger partial charge in [0.15, 0.2) is 0 Å². The van der Waals surface area contributed by atoms with Gasteiger partial charge in [-0.05, 0) is 49.9 Å². The maximum atomic E-state index is 6.03. The van der Waals surface area contributed by atoms with Crippen LogP contribution in [0.4, 0.5) is 0 Å². The number of nitrogens with zero attached hydrogens (tertiary/aromatic N) is 1. The van der Waals surface area contributed by atoms with E-state index in [1.54, 1.807) is 11.3 Å². The molecule has 0 radical (unpaired) electrons. The van der Waals surface area contributed by atoms with E-state index < -0.39 is 0 Å². The molecule has 1 aromatic heterocycles. The normalized spacial score (nSPS) is 26.4. The van der Waals surface area contributed by atoms with Gasteiger partial charge in [-0.25, -0.2) is 4.98 Å². The molecule has 1 aliphatic carbocycles. The Morgan fingerprint density at radius 1 is 1.32 bits per heavy atom. The Balaban J connectivity index is 1.99. The molecule has 1 fully saturated rings. The molecular weight excluding hydrogens is 252 g/mol. The van der Waals surface area contributed by atoms with Gasteiger partial charge in [0.1, 0.15) is 0 Å². The average molecular weight is 280 g/mol. The van der Waals surface area contributed by atoms with Crippen LogP contribution in [0.2, 0.25) is 0 Å². The molecule has 1 atom stereocenters. The molecule has 2 rings (SSSR count). The Bertz CT molecular complexity index is 397. The summed E-state index contributed by atoms with van der Waals surface area (Å²) in [4.78, 5) is 4.66. The lowest BCUT2D eigenvalue weighted by atomic mass is 9.67. The third-order valence-electron chi connectivity index (χ3n) is 4.77. The van der Waals surface area contributed by atoms with Crippen molar-refractivity contribution in [2.24, 2.45) is 23.0 Å². The first kappa shape index (κ1) is 15.0. The van der Waals surface area contributed by atoms with Crippen LogP contribution >= 0.6 is 11.3 Å². The lowest BCUT2D eigenvalue weighted by molar-refractivity contribution is 0.140. The molecule has 1 aliphatic rings. The minimum absolute atomic E-state index is 0.459. The number of hydrogen-bond donors (Lipinski definition) is 1. The zero-order valence-corrected chi connectivity index (χ0v) is 13.6.